The lowest BCUT2D eigenvalue weighted by Gasteiger charge is -2.13. The average molecular weight is 515 g/mol. The lowest BCUT2D eigenvalue weighted by molar-refractivity contribution is 0.0597. The van der Waals surface area contributed by atoms with Crippen LogP contribution >= 0.6 is 0 Å². The zero-order valence-corrected chi connectivity index (χ0v) is 21.6. The van der Waals surface area contributed by atoms with E-state index in [4.69, 9.17) is 9.72 Å². The Balaban J connectivity index is 1.55. The van der Waals surface area contributed by atoms with Crippen molar-refractivity contribution in [3.8, 4) is 22.5 Å². The van der Waals surface area contributed by atoms with Crippen LogP contribution in [0.25, 0.3) is 33.7 Å². The molecule has 0 bridgehead atoms. The average Bonchev–Trinajstić information content (AvgIpc) is 3.58. The van der Waals surface area contributed by atoms with Crippen LogP contribution < -0.4 is 11.2 Å². The van der Waals surface area contributed by atoms with Gasteiger partial charge < -0.3 is 9.30 Å². The van der Waals surface area contributed by atoms with Gasteiger partial charge in [-0.05, 0) is 40.5 Å². The molecule has 5 aromatic rings. The number of nitrogens with zero attached hydrogens (tertiary/aromatic N) is 6. The number of hydrogen-bond acceptors (Lipinski definition) is 7. The van der Waals surface area contributed by atoms with Crippen LogP contribution in [0, 0.1) is 0 Å². The number of methoxy groups -OCH3 is 1. The fraction of sp³-hybridized carbons (Fsp3) is 0.333. The van der Waals surface area contributed by atoms with Gasteiger partial charge in [-0.2, -0.15) is 0 Å². The van der Waals surface area contributed by atoms with Gasteiger partial charge in [0.25, 0.3) is 5.56 Å². The molecule has 11 heteroatoms. The Bertz CT molecular complexity index is 1650. The summed E-state index contributed by atoms with van der Waals surface area (Å²) >= 11 is 0. The molecule has 0 aliphatic carbocycles. The number of hydrogen-bond donors (Lipinski definition) is 2. The number of aromatic amines is 2. The number of rotatable bonds is 10. The van der Waals surface area contributed by atoms with E-state index in [9.17, 15) is 9.59 Å². The maximum atomic E-state index is 13.0. The third kappa shape index (κ3) is 4.80. The van der Waals surface area contributed by atoms with Gasteiger partial charge in [-0.1, -0.05) is 68.3 Å². The van der Waals surface area contributed by atoms with Crippen LogP contribution in [0.5, 0.6) is 0 Å². The molecule has 1 unspecified atom stereocenters. The summed E-state index contributed by atoms with van der Waals surface area (Å²) in [6, 6.07) is 16.1. The number of aryl methyl sites for hydroxylation is 1. The van der Waals surface area contributed by atoms with Gasteiger partial charge in [0.05, 0.1) is 0 Å². The minimum absolute atomic E-state index is 0.339. The van der Waals surface area contributed by atoms with E-state index in [1.54, 1.807) is 6.92 Å². The molecule has 38 heavy (non-hydrogen) atoms. The maximum Gasteiger partial charge on any atom is 0.332 e. The molecule has 0 fully saturated rings. The zero-order chi connectivity index (χ0) is 26.6. The summed E-state index contributed by atoms with van der Waals surface area (Å²) in [7, 11) is 1.52. The Morgan fingerprint density at radius 2 is 1.79 bits per heavy atom. The van der Waals surface area contributed by atoms with Crippen molar-refractivity contribution in [3.05, 3.63) is 80.8 Å². The number of unbranched alkanes of at least 4 members (excludes halogenated alkanes) is 2. The zero-order valence-electron chi connectivity index (χ0n) is 21.6. The van der Waals surface area contributed by atoms with E-state index in [0.717, 1.165) is 47.3 Å². The Morgan fingerprint density at radius 3 is 2.47 bits per heavy atom. The Kier molecular flexibility index (Phi) is 7.27. The summed E-state index contributed by atoms with van der Waals surface area (Å²) in [5.74, 6) is 1.37. The molecule has 5 rings (SSSR count). The first-order valence-electron chi connectivity index (χ1n) is 12.7. The van der Waals surface area contributed by atoms with Crippen LogP contribution in [0.2, 0.25) is 0 Å². The molecule has 0 saturated carbocycles. The Labute approximate surface area is 218 Å². The second kappa shape index (κ2) is 10.9. The highest BCUT2D eigenvalue weighted by Gasteiger charge is 2.21. The maximum absolute atomic E-state index is 13.0. The first-order valence-corrected chi connectivity index (χ1v) is 12.7. The normalized spacial score (nSPS) is 12.3. The van der Waals surface area contributed by atoms with E-state index in [1.165, 1.54) is 11.7 Å². The highest BCUT2D eigenvalue weighted by Crippen LogP contribution is 2.30. The van der Waals surface area contributed by atoms with Crippen LogP contribution in [-0.2, 0) is 17.7 Å². The third-order valence-corrected chi connectivity index (χ3v) is 6.75. The fourth-order valence-corrected chi connectivity index (χ4v) is 4.71. The summed E-state index contributed by atoms with van der Waals surface area (Å²) in [5, 5.41) is 14.3. The van der Waals surface area contributed by atoms with Crippen LogP contribution in [0.3, 0.4) is 0 Å². The molecule has 1 atom stereocenters. The molecule has 196 valence electrons. The highest BCUT2D eigenvalue weighted by atomic mass is 16.5. The number of fused-ring (bicyclic) bond motifs is 1. The fourth-order valence-electron chi connectivity index (χ4n) is 4.71. The number of ether oxygens (including phenoxy) is 1. The summed E-state index contributed by atoms with van der Waals surface area (Å²) in [4.78, 5) is 32.9. The van der Waals surface area contributed by atoms with Gasteiger partial charge in [-0.15, -0.1) is 5.10 Å². The molecule has 11 nitrogen and oxygen atoms in total. The molecule has 0 saturated heterocycles. The lowest BCUT2D eigenvalue weighted by atomic mass is 9.98. The Morgan fingerprint density at radius 1 is 1.03 bits per heavy atom. The van der Waals surface area contributed by atoms with Gasteiger partial charge in [0.2, 0.25) is 0 Å². The van der Waals surface area contributed by atoms with Crippen LogP contribution in [-0.4, -0.2) is 46.8 Å². The molecular weight excluding hydrogens is 484 g/mol. The predicted molar refractivity (Wildman–Crippen MR) is 144 cm³/mol. The van der Waals surface area contributed by atoms with Crippen molar-refractivity contribution in [2.24, 2.45) is 0 Å². The minimum Gasteiger partial charge on any atom is -0.361 e. The van der Waals surface area contributed by atoms with Crippen LogP contribution in [0.15, 0.2) is 58.1 Å². The number of aromatic nitrogens is 8. The summed E-state index contributed by atoms with van der Waals surface area (Å²) in [6.45, 7) is 4.33. The number of H-pyrrole nitrogens is 2. The van der Waals surface area contributed by atoms with E-state index in [1.807, 2.05) is 53.1 Å². The molecule has 2 aromatic carbocycles. The standard InChI is InChI=1S/C27H30N8O3/c1-4-5-6-11-22-28-25-23(26(36)29-27(37)35(25)17(2)38-3)34(22)16-18-12-14-19(15-13-18)20-9-7-8-10-21(20)24-30-32-33-31-24/h7-10,12-15,17H,4-6,11,16H2,1-3H3,(H,29,36,37)(H,30,31,32,33). The molecule has 2 N–H and O–H groups in total. The van der Waals surface area contributed by atoms with Gasteiger partial charge in [-0.3, -0.25) is 9.78 Å². The molecule has 0 spiro atoms. The summed E-state index contributed by atoms with van der Waals surface area (Å²) < 4.78 is 8.72. The van der Waals surface area contributed by atoms with Crippen molar-refractivity contribution in [1.82, 2.24) is 39.7 Å². The first kappa shape index (κ1) is 25.3. The van der Waals surface area contributed by atoms with Gasteiger partial charge >= 0.3 is 5.69 Å². The predicted octanol–water partition coefficient (Wildman–Crippen LogP) is 3.68. The van der Waals surface area contributed by atoms with Crippen molar-refractivity contribution in [2.75, 3.05) is 7.11 Å². The minimum atomic E-state index is -0.576. The van der Waals surface area contributed by atoms with Crippen molar-refractivity contribution in [1.29, 1.82) is 0 Å². The molecule has 3 heterocycles. The van der Waals surface area contributed by atoms with Crippen molar-refractivity contribution >= 4 is 11.2 Å². The van der Waals surface area contributed by atoms with Crippen molar-refractivity contribution in [2.45, 2.75) is 52.3 Å². The number of imidazole rings is 1. The Hall–Kier alpha value is -4.38. The molecular formula is C27H30N8O3. The first-order chi connectivity index (χ1) is 18.5. The second-order valence-electron chi connectivity index (χ2n) is 9.20. The molecule has 0 aliphatic heterocycles. The quantitative estimate of drug-likeness (QED) is 0.271. The molecule has 3 aromatic heterocycles. The molecule has 0 radical (unpaired) electrons. The largest absolute Gasteiger partial charge is 0.361 e. The van der Waals surface area contributed by atoms with Crippen LogP contribution in [0.4, 0.5) is 0 Å². The van der Waals surface area contributed by atoms with E-state index < -0.39 is 17.5 Å². The van der Waals surface area contributed by atoms with Gasteiger partial charge in [0.1, 0.15) is 12.1 Å². The van der Waals surface area contributed by atoms with E-state index in [2.05, 4.69) is 32.5 Å². The number of tetrazole rings is 1. The van der Waals surface area contributed by atoms with Gasteiger partial charge in [-0.25, -0.2) is 19.4 Å². The van der Waals surface area contributed by atoms with Crippen molar-refractivity contribution < 1.29 is 4.74 Å². The highest BCUT2D eigenvalue weighted by molar-refractivity contribution is 5.80. The topological polar surface area (TPSA) is 136 Å². The molecule has 0 amide bonds. The van der Waals surface area contributed by atoms with E-state index >= 15 is 0 Å². The number of benzene rings is 2. The lowest BCUT2D eigenvalue weighted by Crippen LogP contribution is -2.33. The van der Waals surface area contributed by atoms with E-state index in [-0.39, 0.29) is 0 Å². The smallest absolute Gasteiger partial charge is 0.332 e. The van der Waals surface area contributed by atoms with Gasteiger partial charge in [0, 0.05) is 25.6 Å². The molecule has 0 aliphatic rings. The SMILES string of the molecule is CCCCCc1nc2c(c(=O)[nH]c(=O)n2C(C)OC)n1Cc1ccc(-c2ccccc2-c2nnn[nH]2)cc1. The summed E-state index contributed by atoms with van der Waals surface area (Å²) in [6.07, 6.45) is 3.18. The third-order valence-electron chi connectivity index (χ3n) is 6.75. The van der Waals surface area contributed by atoms with Gasteiger partial charge in [0.15, 0.2) is 17.0 Å². The second-order valence-corrected chi connectivity index (χ2v) is 9.20. The number of nitrogens with one attached hydrogen (secondary N) is 2. The monoisotopic (exact) mass is 514 g/mol. The van der Waals surface area contributed by atoms with Crippen molar-refractivity contribution in [3.63, 3.8) is 0 Å². The van der Waals surface area contributed by atoms with Crippen LogP contribution in [0.1, 0.15) is 50.7 Å². The summed E-state index contributed by atoms with van der Waals surface area (Å²) in [5.41, 5.74) is 3.64. The van der Waals surface area contributed by atoms with E-state index in [0.29, 0.717) is 30.0 Å².